The van der Waals surface area contributed by atoms with E-state index in [-0.39, 0.29) is 0 Å². The van der Waals surface area contributed by atoms with Crippen molar-refractivity contribution in [3.63, 3.8) is 0 Å². The van der Waals surface area contributed by atoms with Crippen molar-refractivity contribution in [3.05, 3.63) is 35.9 Å². The van der Waals surface area contributed by atoms with Gasteiger partial charge in [-0.05, 0) is 50.0 Å². The predicted octanol–water partition coefficient (Wildman–Crippen LogP) is 2.99. The van der Waals surface area contributed by atoms with Crippen molar-refractivity contribution in [2.24, 2.45) is 10.4 Å². The monoisotopic (exact) mass is 317 g/mol. The molecule has 2 rings (SSSR count). The summed E-state index contributed by atoms with van der Waals surface area (Å²) in [5.41, 5.74) is 1.83. The van der Waals surface area contributed by atoms with Crippen LogP contribution in [0.25, 0.3) is 0 Å². The van der Waals surface area contributed by atoms with Gasteiger partial charge in [-0.1, -0.05) is 30.3 Å². The topological polar surface area (TPSA) is 45.6 Å². The van der Waals surface area contributed by atoms with Crippen molar-refractivity contribution in [3.8, 4) is 0 Å². The Hall–Kier alpha value is -1.55. The summed E-state index contributed by atoms with van der Waals surface area (Å²) in [7, 11) is 1.84. The van der Waals surface area contributed by atoms with E-state index in [1.165, 1.54) is 18.4 Å². The van der Waals surface area contributed by atoms with Crippen LogP contribution in [0.4, 0.5) is 0 Å². The van der Waals surface area contributed by atoms with Gasteiger partial charge in [0.15, 0.2) is 5.96 Å². The number of nitrogens with zero attached hydrogens (tertiary/aromatic N) is 1. The van der Waals surface area contributed by atoms with Gasteiger partial charge in [0, 0.05) is 33.4 Å². The second-order valence-electron chi connectivity index (χ2n) is 6.39. The number of guanidine groups is 1. The SMILES string of the molecule is CCOCCC1(CNC(=NC)NCCCc2ccccc2)CC1. The smallest absolute Gasteiger partial charge is 0.190 e. The zero-order valence-corrected chi connectivity index (χ0v) is 14.6. The molecule has 0 bridgehead atoms. The molecule has 1 aliphatic carbocycles. The number of hydrogen-bond donors (Lipinski definition) is 2. The molecule has 1 fully saturated rings. The third kappa shape index (κ3) is 6.61. The molecular weight excluding hydrogens is 286 g/mol. The molecule has 0 unspecified atom stereocenters. The standard InChI is InChI=1S/C19H31N3O/c1-3-23-15-13-19(11-12-19)16-22-18(20-2)21-14-7-10-17-8-5-4-6-9-17/h4-6,8-9H,3,7,10-16H2,1-2H3,(H2,20,21,22). The van der Waals surface area contributed by atoms with Crippen LogP contribution in [0.3, 0.4) is 0 Å². The molecule has 1 aromatic carbocycles. The van der Waals surface area contributed by atoms with Gasteiger partial charge < -0.3 is 15.4 Å². The molecule has 2 N–H and O–H groups in total. The Morgan fingerprint density at radius 3 is 2.65 bits per heavy atom. The summed E-state index contributed by atoms with van der Waals surface area (Å²) < 4.78 is 5.49. The highest BCUT2D eigenvalue weighted by atomic mass is 16.5. The maximum Gasteiger partial charge on any atom is 0.190 e. The van der Waals surface area contributed by atoms with Gasteiger partial charge in [-0.15, -0.1) is 0 Å². The van der Waals surface area contributed by atoms with Gasteiger partial charge in [-0.2, -0.15) is 0 Å². The van der Waals surface area contributed by atoms with Crippen molar-refractivity contribution >= 4 is 5.96 Å². The summed E-state index contributed by atoms with van der Waals surface area (Å²) >= 11 is 0. The molecule has 1 aliphatic rings. The summed E-state index contributed by atoms with van der Waals surface area (Å²) in [6, 6.07) is 10.6. The number of rotatable bonds is 10. The fourth-order valence-corrected chi connectivity index (χ4v) is 2.76. The Labute approximate surface area is 140 Å². The van der Waals surface area contributed by atoms with E-state index in [1.807, 2.05) is 7.05 Å². The third-order valence-electron chi connectivity index (χ3n) is 4.57. The van der Waals surface area contributed by atoms with Crippen molar-refractivity contribution in [1.29, 1.82) is 0 Å². The van der Waals surface area contributed by atoms with Gasteiger partial charge in [0.25, 0.3) is 0 Å². The summed E-state index contributed by atoms with van der Waals surface area (Å²) in [5.74, 6) is 0.917. The molecule has 0 spiro atoms. The van der Waals surface area contributed by atoms with E-state index >= 15 is 0 Å². The maximum atomic E-state index is 5.49. The molecule has 4 heteroatoms. The summed E-state index contributed by atoms with van der Waals surface area (Å²) in [6.45, 7) is 5.69. The highest BCUT2D eigenvalue weighted by Crippen LogP contribution is 2.48. The Morgan fingerprint density at radius 2 is 2.00 bits per heavy atom. The fourth-order valence-electron chi connectivity index (χ4n) is 2.76. The maximum absolute atomic E-state index is 5.49. The third-order valence-corrected chi connectivity index (χ3v) is 4.57. The van der Waals surface area contributed by atoms with E-state index in [9.17, 15) is 0 Å². The van der Waals surface area contributed by atoms with Crippen LogP contribution in [0.5, 0.6) is 0 Å². The highest BCUT2D eigenvalue weighted by Gasteiger charge is 2.41. The van der Waals surface area contributed by atoms with Crippen LogP contribution in [-0.4, -0.2) is 39.3 Å². The van der Waals surface area contributed by atoms with Gasteiger partial charge in [0.1, 0.15) is 0 Å². The molecule has 1 aromatic rings. The number of aliphatic imine (C=N–C) groups is 1. The first-order valence-corrected chi connectivity index (χ1v) is 8.84. The van der Waals surface area contributed by atoms with Crippen molar-refractivity contribution < 1.29 is 4.74 Å². The number of nitrogens with one attached hydrogen (secondary N) is 2. The number of aryl methyl sites for hydroxylation is 1. The van der Waals surface area contributed by atoms with E-state index in [0.29, 0.717) is 5.41 Å². The first kappa shape index (κ1) is 17.8. The van der Waals surface area contributed by atoms with Crippen LogP contribution >= 0.6 is 0 Å². The fraction of sp³-hybridized carbons (Fsp3) is 0.632. The van der Waals surface area contributed by atoms with Gasteiger partial charge in [0.05, 0.1) is 0 Å². The largest absolute Gasteiger partial charge is 0.382 e. The average Bonchev–Trinajstić information content (AvgIpc) is 3.36. The Balaban J connectivity index is 1.60. The van der Waals surface area contributed by atoms with Gasteiger partial charge in [-0.25, -0.2) is 0 Å². The molecule has 1 saturated carbocycles. The Morgan fingerprint density at radius 1 is 1.22 bits per heavy atom. The first-order valence-electron chi connectivity index (χ1n) is 8.84. The van der Waals surface area contributed by atoms with Crippen molar-refractivity contribution in [2.75, 3.05) is 33.4 Å². The highest BCUT2D eigenvalue weighted by molar-refractivity contribution is 5.79. The second kappa shape index (κ2) is 9.56. The van der Waals surface area contributed by atoms with E-state index in [1.54, 1.807) is 0 Å². The quantitative estimate of drug-likeness (QED) is 0.396. The van der Waals surface area contributed by atoms with Crippen LogP contribution in [0.2, 0.25) is 0 Å². The molecule has 0 atom stereocenters. The zero-order valence-electron chi connectivity index (χ0n) is 14.6. The predicted molar refractivity (Wildman–Crippen MR) is 96.9 cm³/mol. The molecular formula is C19H31N3O. The lowest BCUT2D eigenvalue weighted by molar-refractivity contribution is 0.128. The van der Waals surface area contributed by atoms with Gasteiger partial charge in [0.2, 0.25) is 0 Å². The van der Waals surface area contributed by atoms with Crippen molar-refractivity contribution in [2.45, 2.75) is 39.0 Å². The lowest BCUT2D eigenvalue weighted by Gasteiger charge is -2.18. The van der Waals surface area contributed by atoms with E-state index < -0.39 is 0 Å². The minimum Gasteiger partial charge on any atom is -0.382 e. The molecule has 128 valence electrons. The average molecular weight is 317 g/mol. The zero-order chi connectivity index (χ0) is 16.4. The van der Waals surface area contributed by atoms with Crippen LogP contribution < -0.4 is 10.6 Å². The minimum absolute atomic E-state index is 0.441. The molecule has 0 aromatic heterocycles. The van der Waals surface area contributed by atoms with E-state index in [4.69, 9.17) is 4.74 Å². The molecule has 0 amide bonds. The lowest BCUT2D eigenvalue weighted by atomic mass is 10.0. The van der Waals surface area contributed by atoms with Gasteiger partial charge >= 0.3 is 0 Å². The van der Waals surface area contributed by atoms with Crippen LogP contribution in [0, 0.1) is 5.41 Å². The van der Waals surface area contributed by atoms with Crippen LogP contribution in [0.15, 0.2) is 35.3 Å². The summed E-state index contributed by atoms with van der Waals surface area (Å²) in [5, 5.41) is 6.90. The van der Waals surface area contributed by atoms with E-state index in [2.05, 4.69) is 52.9 Å². The number of benzene rings is 1. The molecule has 23 heavy (non-hydrogen) atoms. The van der Waals surface area contributed by atoms with E-state index in [0.717, 1.165) is 51.5 Å². The summed E-state index contributed by atoms with van der Waals surface area (Å²) in [4.78, 5) is 4.32. The number of hydrogen-bond acceptors (Lipinski definition) is 2. The molecule has 0 radical (unpaired) electrons. The van der Waals surface area contributed by atoms with Crippen LogP contribution in [-0.2, 0) is 11.2 Å². The minimum atomic E-state index is 0.441. The van der Waals surface area contributed by atoms with Gasteiger partial charge in [-0.3, -0.25) is 4.99 Å². The number of ether oxygens (including phenoxy) is 1. The first-order chi connectivity index (χ1) is 11.3. The van der Waals surface area contributed by atoms with Crippen molar-refractivity contribution in [1.82, 2.24) is 10.6 Å². The molecule has 0 saturated heterocycles. The lowest BCUT2D eigenvalue weighted by Crippen LogP contribution is -2.41. The molecule has 0 aliphatic heterocycles. The normalized spacial score (nSPS) is 16.2. The second-order valence-corrected chi connectivity index (χ2v) is 6.39. The Kier molecular flexibility index (Phi) is 7.40. The van der Waals surface area contributed by atoms with Crippen LogP contribution in [0.1, 0.15) is 38.2 Å². The Bertz CT molecular complexity index is 469. The molecule has 4 nitrogen and oxygen atoms in total. The molecule has 0 heterocycles. The summed E-state index contributed by atoms with van der Waals surface area (Å²) in [6.07, 6.45) is 5.97.